The number of hydrogen-bond donors (Lipinski definition) is 1. The molecule has 6 heteroatoms. The molecule has 1 rings (SSSR count). The number of aryl methyl sites for hydroxylation is 1. The van der Waals surface area contributed by atoms with Crippen molar-refractivity contribution in [2.24, 2.45) is 5.73 Å². The lowest BCUT2D eigenvalue weighted by Crippen LogP contribution is -2.11. The van der Waals surface area contributed by atoms with Gasteiger partial charge in [-0.15, -0.1) is 0 Å². The predicted molar refractivity (Wildman–Crippen MR) is 66.0 cm³/mol. The average Bonchev–Trinajstić information content (AvgIpc) is 2.16. The average molecular weight is 239 g/mol. The molecule has 0 spiro atoms. The summed E-state index contributed by atoms with van der Waals surface area (Å²) in [6, 6.07) is 4.14. The molecule has 6 nitrogen and oxygen atoms in total. The van der Waals surface area contributed by atoms with Gasteiger partial charge in [0.1, 0.15) is 0 Å². The summed E-state index contributed by atoms with van der Waals surface area (Å²) < 4.78 is 0. The first-order valence-electron chi connectivity index (χ1n) is 4.91. The standard InChI is InChI=1S/C8H8N2O3.C3H9N/c1-5-2-3-6(8(9)11)4-7(5)10(12)13;1-4(2)3/h2-4H,1H3,(H2,9,11);1-3H3. The molecule has 0 aliphatic carbocycles. The number of rotatable bonds is 2. The molecule has 0 fully saturated rings. The van der Waals surface area contributed by atoms with Crippen LogP contribution in [0.4, 0.5) is 5.69 Å². The van der Waals surface area contributed by atoms with Crippen LogP contribution in [-0.4, -0.2) is 36.9 Å². The molecule has 0 saturated carbocycles. The Bertz CT molecular complexity index is 414. The lowest BCUT2D eigenvalue weighted by Gasteiger charge is -1.98. The number of nitro groups is 1. The molecule has 1 amide bonds. The molecule has 0 bridgehead atoms. The second-order valence-electron chi connectivity index (χ2n) is 3.96. The van der Waals surface area contributed by atoms with E-state index in [-0.39, 0.29) is 11.3 Å². The van der Waals surface area contributed by atoms with Crippen molar-refractivity contribution in [2.45, 2.75) is 6.92 Å². The minimum absolute atomic E-state index is 0.0868. The quantitative estimate of drug-likeness (QED) is 0.619. The van der Waals surface area contributed by atoms with Crippen molar-refractivity contribution >= 4 is 11.6 Å². The number of benzene rings is 1. The van der Waals surface area contributed by atoms with Gasteiger partial charge in [0.05, 0.1) is 4.92 Å². The van der Waals surface area contributed by atoms with Crippen molar-refractivity contribution in [1.82, 2.24) is 4.90 Å². The van der Waals surface area contributed by atoms with Gasteiger partial charge >= 0.3 is 0 Å². The third-order valence-electron chi connectivity index (χ3n) is 1.69. The molecule has 0 atom stereocenters. The second kappa shape index (κ2) is 6.59. The van der Waals surface area contributed by atoms with E-state index in [9.17, 15) is 14.9 Å². The molecule has 0 aliphatic heterocycles. The fraction of sp³-hybridized carbons (Fsp3) is 0.364. The highest BCUT2D eigenvalue weighted by Gasteiger charge is 2.12. The van der Waals surface area contributed by atoms with Crippen molar-refractivity contribution in [3.05, 3.63) is 39.4 Å². The molecule has 17 heavy (non-hydrogen) atoms. The number of primary amides is 1. The summed E-state index contributed by atoms with van der Waals surface area (Å²) in [5.74, 6) is -0.664. The third-order valence-corrected chi connectivity index (χ3v) is 1.69. The summed E-state index contributed by atoms with van der Waals surface area (Å²) in [5, 5.41) is 10.5. The lowest BCUT2D eigenvalue weighted by molar-refractivity contribution is -0.385. The van der Waals surface area contributed by atoms with Crippen molar-refractivity contribution < 1.29 is 9.72 Å². The molecule has 0 heterocycles. The molecular formula is C11H17N3O3. The highest BCUT2D eigenvalue weighted by atomic mass is 16.6. The van der Waals surface area contributed by atoms with Gasteiger partial charge < -0.3 is 10.6 Å². The van der Waals surface area contributed by atoms with Gasteiger partial charge in [0.2, 0.25) is 5.91 Å². The summed E-state index contributed by atoms with van der Waals surface area (Å²) >= 11 is 0. The molecule has 94 valence electrons. The zero-order chi connectivity index (χ0) is 13.6. The maximum atomic E-state index is 10.7. The largest absolute Gasteiger partial charge is 0.366 e. The van der Waals surface area contributed by atoms with Crippen LogP contribution in [0.5, 0.6) is 0 Å². The highest BCUT2D eigenvalue weighted by molar-refractivity contribution is 5.93. The Hall–Kier alpha value is -1.95. The Morgan fingerprint density at radius 2 is 1.82 bits per heavy atom. The number of carbonyl (C=O) groups is 1. The van der Waals surface area contributed by atoms with Gasteiger partial charge in [-0.3, -0.25) is 14.9 Å². The monoisotopic (exact) mass is 239 g/mol. The Morgan fingerprint density at radius 3 is 2.18 bits per heavy atom. The maximum absolute atomic E-state index is 10.7. The van der Waals surface area contributed by atoms with Crippen molar-refractivity contribution in [1.29, 1.82) is 0 Å². The van der Waals surface area contributed by atoms with Crippen molar-refractivity contribution in [3.8, 4) is 0 Å². The second-order valence-corrected chi connectivity index (χ2v) is 3.96. The van der Waals surface area contributed by atoms with Gasteiger partial charge in [-0.25, -0.2) is 0 Å². The zero-order valence-electron chi connectivity index (χ0n) is 10.4. The molecule has 1 aromatic carbocycles. The molecule has 1 aromatic rings. The van der Waals surface area contributed by atoms with E-state index in [0.717, 1.165) is 0 Å². The van der Waals surface area contributed by atoms with Crippen LogP contribution in [0.3, 0.4) is 0 Å². The van der Waals surface area contributed by atoms with E-state index in [1.165, 1.54) is 18.2 Å². The molecule has 0 aliphatic rings. The fourth-order valence-electron chi connectivity index (χ4n) is 0.959. The number of nitro benzene ring substituents is 1. The summed E-state index contributed by atoms with van der Waals surface area (Å²) in [5.41, 5.74) is 5.54. The van der Waals surface area contributed by atoms with Crippen LogP contribution in [0.1, 0.15) is 15.9 Å². The van der Waals surface area contributed by atoms with E-state index in [0.29, 0.717) is 5.56 Å². The molecular weight excluding hydrogens is 222 g/mol. The number of nitrogens with two attached hydrogens (primary N) is 1. The van der Waals surface area contributed by atoms with E-state index in [4.69, 9.17) is 5.73 Å². The minimum atomic E-state index is -0.664. The van der Waals surface area contributed by atoms with E-state index >= 15 is 0 Å². The van der Waals surface area contributed by atoms with Crippen LogP contribution in [-0.2, 0) is 0 Å². The molecule has 0 unspecified atom stereocenters. The number of amides is 1. The van der Waals surface area contributed by atoms with E-state index < -0.39 is 10.8 Å². The minimum Gasteiger partial charge on any atom is -0.366 e. The van der Waals surface area contributed by atoms with Crippen LogP contribution >= 0.6 is 0 Å². The summed E-state index contributed by atoms with van der Waals surface area (Å²) in [6.07, 6.45) is 0. The van der Waals surface area contributed by atoms with Gasteiger partial charge in [0, 0.05) is 17.2 Å². The smallest absolute Gasteiger partial charge is 0.273 e. The summed E-state index contributed by atoms with van der Waals surface area (Å²) in [7, 11) is 6.00. The van der Waals surface area contributed by atoms with Crippen LogP contribution in [0, 0.1) is 17.0 Å². The van der Waals surface area contributed by atoms with Crippen LogP contribution in [0.15, 0.2) is 18.2 Å². The van der Waals surface area contributed by atoms with E-state index in [2.05, 4.69) is 0 Å². The SMILES string of the molecule is CN(C)C.Cc1ccc(C(N)=O)cc1[N+](=O)[O-]. The zero-order valence-corrected chi connectivity index (χ0v) is 10.4. The first-order valence-corrected chi connectivity index (χ1v) is 4.91. The lowest BCUT2D eigenvalue weighted by atomic mass is 10.1. The Morgan fingerprint density at radius 1 is 1.35 bits per heavy atom. The van der Waals surface area contributed by atoms with Crippen LogP contribution in [0.2, 0.25) is 0 Å². The number of carbonyl (C=O) groups excluding carboxylic acids is 1. The van der Waals surface area contributed by atoms with Crippen molar-refractivity contribution in [2.75, 3.05) is 21.1 Å². The van der Waals surface area contributed by atoms with Crippen LogP contribution in [0.25, 0.3) is 0 Å². The highest BCUT2D eigenvalue weighted by Crippen LogP contribution is 2.18. The molecule has 0 saturated heterocycles. The van der Waals surface area contributed by atoms with E-state index in [1.54, 1.807) is 6.92 Å². The fourth-order valence-corrected chi connectivity index (χ4v) is 0.959. The van der Waals surface area contributed by atoms with E-state index in [1.807, 2.05) is 26.0 Å². The Balaban J connectivity index is 0.000000557. The summed E-state index contributed by atoms with van der Waals surface area (Å²) in [4.78, 5) is 22.6. The molecule has 2 N–H and O–H groups in total. The third kappa shape index (κ3) is 5.62. The molecule has 0 radical (unpaired) electrons. The predicted octanol–water partition coefficient (Wildman–Crippen LogP) is 1.18. The van der Waals surface area contributed by atoms with Gasteiger partial charge in [-0.2, -0.15) is 0 Å². The first-order chi connectivity index (χ1) is 7.75. The molecule has 0 aromatic heterocycles. The number of nitrogens with zero attached hydrogens (tertiary/aromatic N) is 2. The van der Waals surface area contributed by atoms with Crippen molar-refractivity contribution in [3.63, 3.8) is 0 Å². The number of hydrogen-bond acceptors (Lipinski definition) is 4. The maximum Gasteiger partial charge on any atom is 0.273 e. The van der Waals surface area contributed by atoms with Gasteiger partial charge in [0.15, 0.2) is 0 Å². The normalized spacial score (nSPS) is 9.47. The Kier molecular flexibility index (Phi) is 5.84. The topological polar surface area (TPSA) is 89.5 Å². The van der Waals surface area contributed by atoms with Crippen LogP contribution < -0.4 is 5.73 Å². The van der Waals surface area contributed by atoms with Gasteiger partial charge in [0.25, 0.3) is 5.69 Å². The first kappa shape index (κ1) is 15.0. The Labute approximate surface area is 100 Å². The van der Waals surface area contributed by atoms with Gasteiger partial charge in [-0.05, 0) is 34.1 Å². The van der Waals surface area contributed by atoms with Gasteiger partial charge in [-0.1, -0.05) is 6.07 Å². The summed E-state index contributed by atoms with van der Waals surface area (Å²) in [6.45, 7) is 1.60.